The van der Waals surface area contributed by atoms with Gasteiger partial charge in [0.1, 0.15) is 0 Å². The summed E-state index contributed by atoms with van der Waals surface area (Å²) in [6.45, 7) is 0.799. The van der Waals surface area contributed by atoms with Crippen molar-refractivity contribution >= 4 is 47.2 Å². The molecule has 154 valence electrons. The van der Waals surface area contributed by atoms with Crippen LogP contribution in [-0.2, 0) is 0 Å². The van der Waals surface area contributed by atoms with Crippen LogP contribution in [0.5, 0.6) is 0 Å². The summed E-state index contributed by atoms with van der Waals surface area (Å²) in [5.41, 5.74) is 1.93. The Morgan fingerprint density at radius 3 is 1.10 bits per heavy atom. The molecule has 0 fully saturated rings. The second-order valence-electron chi connectivity index (χ2n) is 6.84. The van der Waals surface area contributed by atoms with Gasteiger partial charge < -0.3 is 0 Å². The number of carbonyl (C=O) groups is 4. The van der Waals surface area contributed by atoms with Gasteiger partial charge in [0.15, 0.2) is 0 Å². The second kappa shape index (κ2) is 9.06. The Kier molecular flexibility index (Phi) is 6.24. The lowest BCUT2D eigenvalue weighted by atomic mass is 10.1. The van der Waals surface area contributed by atoms with E-state index in [1.165, 1.54) is 9.80 Å². The van der Waals surface area contributed by atoms with Crippen molar-refractivity contribution in [3.05, 3.63) is 70.8 Å². The Hall–Kier alpha value is -2.58. The van der Waals surface area contributed by atoms with Gasteiger partial charge in [0, 0.05) is 36.1 Å². The van der Waals surface area contributed by atoms with E-state index in [-0.39, 0.29) is 23.6 Å². The first-order chi connectivity index (χ1) is 14.6. The minimum atomic E-state index is -0.216. The zero-order valence-electron chi connectivity index (χ0n) is 16.2. The van der Waals surface area contributed by atoms with Gasteiger partial charge in [-0.2, -0.15) is 23.5 Å². The van der Waals surface area contributed by atoms with E-state index in [9.17, 15) is 19.2 Å². The van der Waals surface area contributed by atoms with Crippen molar-refractivity contribution in [3.63, 3.8) is 0 Å². The summed E-state index contributed by atoms with van der Waals surface area (Å²) in [6, 6.07) is 13.8. The van der Waals surface area contributed by atoms with Crippen LogP contribution in [0.15, 0.2) is 48.5 Å². The van der Waals surface area contributed by atoms with Gasteiger partial charge in [-0.15, -0.1) is 0 Å². The predicted molar refractivity (Wildman–Crippen MR) is 118 cm³/mol. The van der Waals surface area contributed by atoms with Crippen LogP contribution in [0.2, 0.25) is 0 Å². The third-order valence-corrected chi connectivity index (χ3v) is 7.23. The van der Waals surface area contributed by atoms with Crippen molar-refractivity contribution < 1.29 is 19.2 Å². The van der Waals surface area contributed by atoms with Gasteiger partial charge >= 0.3 is 0 Å². The maximum absolute atomic E-state index is 12.3. The van der Waals surface area contributed by atoms with E-state index in [2.05, 4.69) is 0 Å². The number of thioether (sulfide) groups is 2. The van der Waals surface area contributed by atoms with E-state index < -0.39 is 0 Å². The lowest BCUT2D eigenvalue weighted by molar-refractivity contribution is 0.0648. The van der Waals surface area contributed by atoms with Crippen molar-refractivity contribution in [2.45, 2.75) is 0 Å². The number of hydrogen-bond acceptors (Lipinski definition) is 6. The molecular formula is C22H20N2O4S2. The van der Waals surface area contributed by atoms with Crippen LogP contribution in [-0.4, -0.2) is 69.5 Å². The number of hydrogen-bond donors (Lipinski definition) is 0. The summed E-state index contributed by atoms with van der Waals surface area (Å²) < 4.78 is 0. The first kappa shape index (κ1) is 20.7. The van der Waals surface area contributed by atoms with Crippen LogP contribution in [0.3, 0.4) is 0 Å². The molecule has 4 rings (SSSR count). The minimum Gasteiger partial charge on any atom is -0.274 e. The molecule has 2 aromatic carbocycles. The molecule has 2 aliphatic rings. The molecule has 0 radical (unpaired) electrons. The van der Waals surface area contributed by atoms with Gasteiger partial charge in [-0.3, -0.25) is 29.0 Å². The average Bonchev–Trinajstić information content (AvgIpc) is 3.16. The number of imide groups is 2. The lowest BCUT2D eigenvalue weighted by Gasteiger charge is -2.14. The molecule has 6 nitrogen and oxygen atoms in total. The fourth-order valence-electron chi connectivity index (χ4n) is 3.52. The molecule has 0 atom stereocenters. The Morgan fingerprint density at radius 1 is 0.500 bits per heavy atom. The highest BCUT2D eigenvalue weighted by Gasteiger charge is 2.35. The van der Waals surface area contributed by atoms with Crippen LogP contribution in [0.25, 0.3) is 0 Å². The van der Waals surface area contributed by atoms with Gasteiger partial charge in [0.05, 0.1) is 22.3 Å². The topological polar surface area (TPSA) is 74.8 Å². The van der Waals surface area contributed by atoms with Gasteiger partial charge in [-0.1, -0.05) is 24.3 Å². The molecule has 30 heavy (non-hydrogen) atoms. The Bertz CT molecular complexity index is 872. The first-order valence-corrected chi connectivity index (χ1v) is 12.0. The zero-order valence-corrected chi connectivity index (χ0v) is 17.8. The fraction of sp³-hybridized carbons (Fsp3) is 0.273. The minimum absolute atomic E-state index is 0.216. The zero-order chi connectivity index (χ0) is 21.1. The van der Waals surface area contributed by atoms with Crippen LogP contribution < -0.4 is 0 Å². The maximum atomic E-state index is 12.3. The third-order valence-electron chi connectivity index (χ3n) is 5.05. The molecule has 0 spiro atoms. The van der Waals surface area contributed by atoms with Crippen molar-refractivity contribution in [2.24, 2.45) is 0 Å². The van der Waals surface area contributed by atoms with Crippen LogP contribution >= 0.6 is 23.5 Å². The average molecular weight is 441 g/mol. The van der Waals surface area contributed by atoms with Crippen LogP contribution in [0, 0.1) is 0 Å². The SMILES string of the molecule is O=C1c2ccccc2C(=O)N1CCSCCSCCN1C(=O)c2ccccc2C1=O. The number of carbonyl (C=O) groups excluding carboxylic acids is 4. The summed E-state index contributed by atoms with van der Waals surface area (Å²) in [7, 11) is 0. The Morgan fingerprint density at radius 2 is 0.800 bits per heavy atom. The molecule has 0 aromatic heterocycles. The van der Waals surface area contributed by atoms with E-state index in [0.29, 0.717) is 46.8 Å². The maximum Gasteiger partial charge on any atom is 0.261 e. The molecule has 8 heteroatoms. The molecule has 0 saturated carbocycles. The van der Waals surface area contributed by atoms with E-state index in [1.807, 2.05) is 0 Å². The molecule has 0 aliphatic carbocycles. The van der Waals surface area contributed by atoms with Gasteiger partial charge in [-0.05, 0) is 24.3 Å². The van der Waals surface area contributed by atoms with E-state index >= 15 is 0 Å². The molecule has 2 aromatic rings. The highest BCUT2D eigenvalue weighted by atomic mass is 32.2. The predicted octanol–water partition coefficient (Wildman–Crippen LogP) is 3.05. The molecule has 0 unspecified atom stereocenters. The fourth-order valence-corrected chi connectivity index (χ4v) is 5.49. The number of amides is 4. The van der Waals surface area contributed by atoms with E-state index in [4.69, 9.17) is 0 Å². The summed E-state index contributed by atoms with van der Waals surface area (Å²) in [5, 5.41) is 0. The van der Waals surface area contributed by atoms with E-state index in [1.54, 1.807) is 72.1 Å². The van der Waals surface area contributed by atoms with Gasteiger partial charge in [0.25, 0.3) is 23.6 Å². The molecule has 2 aliphatic heterocycles. The molecule has 0 bridgehead atoms. The number of nitrogens with zero attached hydrogens (tertiary/aromatic N) is 2. The molecule has 4 amide bonds. The summed E-state index contributed by atoms with van der Waals surface area (Å²) in [4.78, 5) is 51.8. The lowest BCUT2D eigenvalue weighted by Crippen LogP contribution is -2.32. The third kappa shape index (κ3) is 3.89. The number of rotatable bonds is 9. The van der Waals surface area contributed by atoms with Crippen molar-refractivity contribution in [1.29, 1.82) is 0 Å². The van der Waals surface area contributed by atoms with Crippen LogP contribution in [0.1, 0.15) is 41.4 Å². The number of benzene rings is 2. The molecule has 2 heterocycles. The van der Waals surface area contributed by atoms with Crippen molar-refractivity contribution in [3.8, 4) is 0 Å². The monoisotopic (exact) mass is 440 g/mol. The van der Waals surface area contributed by atoms with E-state index in [0.717, 1.165) is 11.5 Å². The number of fused-ring (bicyclic) bond motifs is 2. The Balaban J connectivity index is 1.12. The molecule has 0 saturated heterocycles. The van der Waals surface area contributed by atoms with Gasteiger partial charge in [0.2, 0.25) is 0 Å². The highest BCUT2D eigenvalue weighted by Crippen LogP contribution is 2.24. The summed E-state index contributed by atoms with van der Waals surface area (Å²) in [6.07, 6.45) is 0. The first-order valence-electron chi connectivity index (χ1n) is 9.65. The standard InChI is InChI=1S/C22H20N2O4S2/c25-19-15-5-1-2-6-16(15)20(26)23(19)9-11-29-13-14-30-12-10-24-21(27)17-7-3-4-8-18(17)22(24)28/h1-8H,9-14H2. The van der Waals surface area contributed by atoms with Crippen LogP contribution in [0.4, 0.5) is 0 Å². The molecule has 0 N–H and O–H groups in total. The smallest absolute Gasteiger partial charge is 0.261 e. The summed E-state index contributed by atoms with van der Waals surface area (Å²) in [5.74, 6) is 2.25. The molecular weight excluding hydrogens is 420 g/mol. The Labute approximate surface area is 183 Å². The van der Waals surface area contributed by atoms with Crippen molar-refractivity contribution in [2.75, 3.05) is 36.1 Å². The quantitative estimate of drug-likeness (QED) is 0.441. The van der Waals surface area contributed by atoms with Gasteiger partial charge in [-0.25, -0.2) is 0 Å². The van der Waals surface area contributed by atoms with Crippen molar-refractivity contribution in [1.82, 2.24) is 9.80 Å². The second-order valence-corrected chi connectivity index (χ2v) is 9.29. The summed E-state index contributed by atoms with van der Waals surface area (Å²) >= 11 is 3.36. The largest absolute Gasteiger partial charge is 0.274 e. The normalized spacial score (nSPS) is 15.2. The highest BCUT2D eigenvalue weighted by molar-refractivity contribution is 8.02.